The highest BCUT2D eigenvalue weighted by Crippen LogP contribution is 2.36. The average molecular weight is 302 g/mol. The van der Waals surface area contributed by atoms with E-state index in [1.807, 2.05) is 13.8 Å². The summed E-state index contributed by atoms with van der Waals surface area (Å²) in [5.74, 6) is -2.80. The van der Waals surface area contributed by atoms with Crippen molar-refractivity contribution < 1.29 is 24.2 Å². The van der Waals surface area contributed by atoms with Crippen molar-refractivity contribution in [2.45, 2.75) is 20.3 Å². The molecule has 0 bridgehead atoms. The van der Waals surface area contributed by atoms with Crippen LogP contribution in [0.4, 0.5) is 0 Å². The lowest BCUT2D eigenvalue weighted by Gasteiger charge is -2.26. The van der Waals surface area contributed by atoms with Crippen molar-refractivity contribution in [2.24, 2.45) is 11.8 Å². The smallest absolute Gasteiger partial charge is 0.306 e. The van der Waals surface area contributed by atoms with Gasteiger partial charge in [-0.25, -0.2) is 0 Å². The lowest BCUT2D eigenvalue weighted by atomic mass is 9.77. The molecule has 1 aromatic carbocycles. The van der Waals surface area contributed by atoms with E-state index >= 15 is 0 Å². The van der Waals surface area contributed by atoms with Gasteiger partial charge in [0.25, 0.3) is 0 Å². The minimum absolute atomic E-state index is 0.00380. The first-order chi connectivity index (χ1) is 10.4. The highest BCUT2D eigenvalue weighted by Gasteiger charge is 2.38. The van der Waals surface area contributed by atoms with Crippen LogP contribution in [0.5, 0.6) is 0 Å². The van der Waals surface area contributed by atoms with E-state index in [0.717, 1.165) is 0 Å². The minimum atomic E-state index is -0.751. The molecule has 0 fully saturated rings. The Labute approximate surface area is 128 Å². The normalized spacial score (nSPS) is 15.8. The molecule has 22 heavy (non-hydrogen) atoms. The summed E-state index contributed by atoms with van der Waals surface area (Å²) < 4.78 is 4.65. The number of hydrogen-bond acceptors (Lipinski definition) is 5. The fourth-order valence-corrected chi connectivity index (χ4v) is 2.66. The first kappa shape index (κ1) is 15.9. The Morgan fingerprint density at radius 3 is 2.27 bits per heavy atom. The number of aliphatic hydroxyl groups is 1. The number of benzene rings is 1. The number of rotatable bonds is 4. The van der Waals surface area contributed by atoms with Crippen LogP contribution in [0.2, 0.25) is 0 Å². The zero-order valence-corrected chi connectivity index (χ0v) is 12.8. The summed E-state index contributed by atoms with van der Waals surface area (Å²) in [5, 5.41) is 10.5. The van der Waals surface area contributed by atoms with E-state index < -0.39 is 23.5 Å². The Bertz CT molecular complexity index is 669. The maximum Gasteiger partial charge on any atom is 0.306 e. The lowest BCUT2D eigenvalue weighted by Crippen LogP contribution is -2.31. The monoisotopic (exact) mass is 302 g/mol. The standard InChI is InChI=1S/C17H18O5/c1-9(2)12(8-13(18)22-3)14-15(19)10-6-4-5-7-11(10)16(20)17(14)21/h4-7,9,12,19H,8H2,1-3H3/t12-/m0/s1. The second-order valence-electron chi connectivity index (χ2n) is 5.60. The number of methoxy groups -OCH3 is 1. The number of aliphatic hydroxyl groups excluding tert-OH is 1. The number of hydrogen-bond donors (Lipinski definition) is 1. The van der Waals surface area contributed by atoms with Gasteiger partial charge in [0.2, 0.25) is 11.6 Å². The molecule has 1 N–H and O–H groups in total. The third-order valence-corrected chi connectivity index (χ3v) is 3.92. The largest absolute Gasteiger partial charge is 0.507 e. The van der Waals surface area contributed by atoms with E-state index in [4.69, 9.17) is 0 Å². The molecule has 0 aliphatic heterocycles. The molecule has 1 atom stereocenters. The number of Topliss-reactive ketones (excluding diaryl/α,β-unsaturated/α-hetero) is 2. The average Bonchev–Trinajstić information content (AvgIpc) is 2.51. The first-order valence-corrected chi connectivity index (χ1v) is 7.06. The maximum atomic E-state index is 12.4. The Balaban J connectivity index is 2.58. The summed E-state index contributed by atoms with van der Waals surface area (Å²) in [6.45, 7) is 3.65. The molecule has 0 radical (unpaired) electrons. The van der Waals surface area contributed by atoms with Crippen LogP contribution in [0.3, 0.4) is 0 Å². The highest BCUT2D eigenvalue weighted by molar-refractivity contribution is 6.52. The number of carbonyl (C=O) groups is 3. The fourth-order valence-electron chi connectivity index (χ4n) is 2.66. The van der Waals surface area contributed by atoms with Gasteiger partial charge in [-0.05, 0) is 5.92 Å². The van der Waals surface area contributed by atoms with Crippen LogP contribution in [0.1, 0.15) is 36.2 Å². The number of ketones is 2. The van der Waals surface area contributed by atoms with Gasteiger partial charge in [-0.3, -0.25) is 14.4 Å². The van der Waals surface area contributed by atoms with Crippen LogP contribution in [-0.2, 0) is 14.3 Å². The van der Waals surface area contributed by atoms with Gasteiger partial charge in [-0.15, -0.1) is 0 Å². The molecule has 5 nitrogen and oxygen atoms in total. The molecule has 0 spiro atoms. The predicted molar refractivity (Wildman–Crippen MR) is 80.3 cm³/mol. The van der Waals surface area contributed by atoms with Gasteiger partial charge in [0.15, 0.2) is 0 Å². The van der Waals surface area contributed by atoms with Crippen LogP contribution in [0.25, 0.3) is 5.76 Å². The predicted octanol–water partition coefficient (Wildman–Crippen LogP) is 2.56. The van der Waals surface area contributed by atoms with Gasteiger partial charge in [-0.1, -0.05) is 38.1 Å². The molecule has 0 saturated carbocycles. The van der Waals surface area contributed by atoms with Crippen molar-refractivity contribution in [3.63, 3.8) is 0 Å². The molecule has 1 aliphatic rings. The number of ether oxygens (including phenoxy) is 1. The molecule has 1 aliphatic carbocycles. The van der Waals surface area contributed by atoms with Gasteiger partial charge in [0, 0.05) is 22.6 Å². The van der Waals surface area contributed by atoms with Crippen molar-refractivity contribution >= 4 is 23.3 Å². The van der Waals surface area contributed by atoms with Crippen molar-refractivity contribution in [3.8, 4) is 0 Å². The molecule has 0 aromatic heterocycles. The van der Waals surface area contributed by atoms with Crippen LogP contribution in [-0.4, -0.2) is 29.8 Å². The van der Waals surface area contributed by atoms with Crippen molar-refractivity contribution in [2.75, 3.05) is 7.11 Å². The minimum Gasteiger partial charge on any atom is -0.507 e. The first-order valence-electron chi connectivity index (χ1n) is 7.06. The van der Waals surface area contributed by atoms with Gasteiger partial charge in [0.05, 0.1) is 13.5 Å². The molecule has 0 amide bonds. The van der Waals surface area contributed by atoms with Gasteiger partial charge < -0.3 is 9.84 Å². The zero-order chi connectivity index (χ0) is 16.4. The number of carbonyl (C=O) groups excluding carboxylic acids is 3. The van der Waals surface area contributed by atoms with Gasteiger partial charge in [0.1, 0.15) is 5.76 Å². The fraction of sp³-hybridized carbons (Fsp3) is 0.353. The number of esters is 1. The number of fused-ring (bicyclic) bond motifs is 1. The summed E-state index contributed by atoms with van der Waals surface area (Å²) >= 11 is 0. The van der Waals surface area contributed by atoms with Gasteiger partial charge in [-0.2, -0.15) is 0 Å². The number of allylic oxidation sites excluding steroid dienone is 1. The van der Waals surface area contributed by atoms with Crippen LogP contribution in [0.15, 0.2) is 29.8 Å². The van der Waals surface area contributed by atoms with Crippen LogP contribution >= 0.6 is 0 Å². The van der Waals surface area contributed by atoms with Gasteiger partial charge >= 0.3 is 5.97 Å². The van der Waals surface area contributed by atoms with E-state index in [0.29, 0.717) is 5.56 Å². The van der Waals surface area contributed by atoms with E-state index in [1.165, 1.54) is 13.2 Å². The molecule has 1 aromatic rings. The third-order valence-electron chi connectivity index (χ3n) is 3.92. The molecular formula is C17H18O5. The lowest BCUT2D eigenvalue weighted by molar-refractivity contribution is -0.141. The molecule has 0 heterocycles. The summed E-state index contributed by atoms with van der Waals surface area (Å²) in [4.78, 5) is 36.2. The van der Waals surface area contributed by atoms with E-state index in [9.17, 15) is 19.5 Å². The SMILES string of the molecule is COC(=O)C[C@H](C1=C(O)c2ccccc2C(=O)C1=O)C(C)C. The molecule has 2 rings (SSSR count). The Morgan fingerprint density at radius 1 is 1.14 bits per heavy atom. The Kier molecular flexibility index (Phi) is 4.45. The van der Waals surface area contributed by atoms with E-state index in [-0.39, 0.29) is 29.2 Å². The molecule has 5 heteroatoms. The molecule has 0 unspecified atom stereocenters. The quantitative estimate of drug-likeness (QED) is 0.683. The molecular weight excluding hydrogens is 284 g/mol. The van der Waals surface area contributed by atoms with Crippen molar-refractivity contribution in [1.82, 2.24) is 0 Å². The maximum absolute atomic E-state index is 12.4. The summed E-state index contributed by atoms with van der Waals surface area (Å²) in [5.41, 5.74) is 0.524. The second kappa shape index (κ2) is 6.13. The highest BCUT2D eigenvalue weighted by atomic mass is 16.5. The molecule has 0 saturated heterocycles. The van der Waals surface area contributed by atoms with E-state index in [1.54, 1.807) is 18.2 Å². The topological polar surface area (TPSA) is 80.7 Å². The van der Waals surface area contributed by atoms with Crippen molar-refractivity contribution in [1.29, 1.82) is 0 Å². The second-order valence-corrected chi connectivity index (χ2v) is 5.60. The Hall–Kier alpha value is -2.43. The summed E-state index contributed by atoms with van der Waals surface area (Å²) in [6.07, 6.45) is -0.0608. The third kappa shape index (κ3) is 2.66. The summed E-state index contributed by atoms with van der Waals surface area (Å²) in [6, 6.07) is 6.41. The molecule has 116 valence electrons. The van der Waals surface area contributed by atoms with Crippen molar-refractivity contribution in [3.05, 3.63) is 41.0 Å². The summed E-state index contributed by atoms with van der Waals surface area (Å²) in [7, 11) is 1.26. The van der Waals surface area contributed by atoms with Crippen LogP contribution < -0.4 is 0 Å². The zero-order valence-electron chi connectivity index (χ0n) is 12.8. The van der Waals surface area contributed by atoms with Crippen LogP contribution in [0, 0.1) is 11.8 Å². The van der Waals surface area contributed by atoms with E-state index in [2.05, 4.69) is 4.74 Å². The Morgan fingerprint density at radius 2 is 1.73 bits per heavy atom.